The number of anilines is 2. The molecule has 1 amide bonds. The zero-order valence-electron chi connectivity index (χ0n) is 23.9. The van der Waals surface area contributed by atoms with Gasteiger partial charge in [-0.3, -0.25) is 4.79 Å². The lowest BCUT2D eigenvalue weighted by atomic mass is 9.94. The highest BCUT2D eigenvalue weighted by molar-refractivity contribution is 7.99. The van der Waals surface area contributed by atoms with Crippen molar-refractivity contribution >= 4 is 40.9 Å². The normalized spacial score (nSPS) is 14.2. The van der Waals surface area contributed by atoms with E-state index in [1.165, 1.54) is 0 Å². The molecule has 0 radical (unpaired) electrons. The van der Waals surface area contributed by atoms with Crippen LogP contribution < -0.4 is 20.1 Å². The van der Waals surface area contributed by atoms with E-state index in [1.54, 1.807) is 16.4 Å². The van der Waals surface area contributed by atoms with E-state index in [-0.39, 0.29) is 5.91 Å². The second kappa shape index (κ2) is 13.8. The molecule has 0 fully saturated rings. The molecule has 1 aliphatic rings. The van der Waals surface area contributed by atoms with Gasteiger partial charge in [0.1, 0.15) is 24.1 Å². The molecule has 0 aliphatic carbocycles. The molecular weight excluding hydrogens is 570 g/mol. The van der Waals surface area contributed by atoms with Gasteiger partial charge in [0, 0.05) is 16.5 Å². The standard InChI is InChI=1S/C32H34ClN5O3S/c1-4-6-18-42-32-36-31-34-21(3)28(30(39)35-26-12-7-8-13-27(26)40-5-2)29(38(31)37-32)23-10-9-11-25(19-23)41-20-22-14-16-24(33)17-15-22/h7-17,19,29H,4-6,18,20H2,1-3H3,(H,35,39)(H,34,36,37). The third-order valence-corrected chi connectivity index (χ3v) is 7.91. The fraction of sp³-hybridized carbons (Fsp3) is 0.281. The predicted octanol–water partition coefficient (Wildman–Crippen LogP) is 7.73. The van der Waals surface area contributed by atoms with Crippen molar-refractivity contribution in [1.82, 2.24) is 14.8 Å². The lowest BCUT2D eigenvalue weighted by Gasteiger charge is -2.29. The van der Waals surface area contributed by atoms with Gasteiger partial charge in [-0.25, -0.2) is 4.68 Å². The summed E-state index contributed by atoms with van der Waals surface area (Å²) in [5.74, 6) is 2.55. The number of aromatic nitrogens is 3. The summed E-state index contributed by atoms with van der Waals surface area (Å²) in [6, 6.07) is 22.2. The lowest BCUT2D eigenvalue weighted by Crippen LogP contribution is -2.31. The maximum absolute atomic E-state index is 14.0. The van der Waals surface area contributed by atoms with Gasteiger partial charge in [-0.15, -0.1) is 5.10 Å². The van der Waals surface area contributed by atoms with E-state index >= 15 is 0 Å². The summed E-state index contributed by atoms with van der Waals surface area (Å²) in [7, 11) is 0. The Bertz CT molecular complexity index is 1570. The third kappa shape index (κ3) is 6.91. The van der Waals surface area contributed by atoms with Crippen LogP contribution in [0.4, 0.5) is 11.6 Å². The van der Waals surface area contributed by atoms with Crippen molar-refractivity contribution in [3.05, 3.63) is 100 Å². The van der Waals surface area contributed by atoms with E-state index in [4.69, 9.17) is 31.2 Å². The minimum Gasteiger partial charge on any atom is -0.492 e. The van der Waals surface area contributed by atoms with Crippen molar-refractivity contribution in [2.45, 2.75) is 51.4 Å². The molecule has 2 N–H and O–H groups in total. The van der Waals surface area contributed by atoms with Crippen LogP contribution in [-0.4, -0.2) is 33.0 Å². The summed E-state index contributed by atoms with van der Waals surface area (Å²) >= 11 is 7.65. The number of carbonyl (C=O) groups excluding carboxylic acids is 1. The molecule has 2 heterocycles. The highest BCUT2D eigenvalue weighted by Crippen LogP contribution is 2.38. The number of allylic oxidation sites excluding steroid dienone is 1. The number of benzene rings is 3. The summed E-state index contributed by atoms with van der Waals surface area (Å²) in [4.78, 5) is 18.7. The molecule has 5 rings (SSSR count). The van der Waals surface area contributed by atoms with Gasteiger partial charge < -0.3 is 20.1 Å². The van der Waals surface area contributed by atoms with Crippen LogP contribution in [0.2, 0.25) is 5.02 Å². The Hall–Kier alpha value is -3.95. The van der Waals surface area contributed by atoms with Crippen LogP contribution in [0.25, 0.3) is 0 Å². The maximum Gasteiger partial charge on any atom is 0.255 e. The Morgan fingerprint density at radius 1 is 1.07 bits per heavy atom. The lowest BCUT2D eigenvalue weighted by molar-refractivity contribution is -0.113. The largest absolute Gasteiger partial charge is 0.492 e. The summed E-state index contributed by atoms with van der Waals surface area (Å²) < 4.78 is 13.7. The molecule has 0 saturated carbocycles. The van der Waals surface area contributed by atoms with E-state index in [0.29, 0.717) is 57.8 Å². The van der Waals surface area contributed by atoms with Crippen LogP contribution in [0, 0.1) is 0 Å². The predicted molar refractivity (Wildman–Crippen MR) is 169 cm³/mol. The van der Waals surface area contributed by atoms with Gasteiger partial charge in [-0.1, -0.05) is 73.1 Å². The first kappa shape index (κ1) is 29.5. The fourth-order valence-electron chi connectivity index (χ4n) is 4.67. The maximum atomic E-state index is 14.0. The number of halogens is 1. The number of hydrogen-bond acceptors (Lipinski definition) is 7. The van der Waals surface area contributed by atoms with Gasteiger partial charge in [-0.05, 0) is 67.8 Å². The number of amides is 1. The fourth-order valence-corrected chi connectivity index (χ4v) is 5.70. The molecule has 0 saturated heterocycles. The number of rotatable bonds is 12. The molecule has 218 valence electrons. The first-order chi connectivity index (χ1) is 20.5. The Labute approximate surface area is 255 Å². The van der Waals surface area contributed by atoms with Gasteiger partial charge in [0.25, 0.3) is 5.91 Å². The molecule has 4 aromatic rings. The number of thioether (sulfide) groups is 1. The number of carbonyl (C=O) groups is 1. The summed E-state index contributed by atoms with van der Waals surface area (Å²) in [5, 5.41) is 12.6. The number of hydrogen-bond donors (Lipinski definition) is 2. The van der Waals surface area contributed by atoms with E-state index in [9.17, 15) is 4.79 Å². The van der Waals surface area contributed by atoms with Crippen LogP contribution in [0.5, 0.6) is 11.5 Å². The molecule has 10 heteroatoms. The van der Waals surface area contributed by atoms with Crippen molar-refractivity contribution in [1.29, 1.82) is 0 Å². The zero-order chi connectivity index (χ0) is 29.5. The third-order valence-electron chi connectivity index (χ3n) is 6.73. The van der Waals surface area contributed by atoms with E-state index < -0.39 is 6.04 Å². The highest BCUT2D eigenvalue weighted by atomic mass is 35.5. The zero-order valence-corrected chi connectivity index (χ0v) is 25.5. The van der Waals surface area contributed by atoms with Crippen molar-refractivity contribution in [3.63, 3.8) is 0 Å². The molecule has 0 bridgehead atoms. The molecule has 42 heavy (non-hydrogen) atoms. The Morgan fingerprint density at radius 2 is 1.88 bits per heavy atom. The molecular formula is C32H34ClN5O3S. The van der Waals surface area contributed by atoms with Crippen LogP contribution in [-0.2, 0) is 11.4 Å². The summed E-state index contributed by atoms with van der Waals surface area (Å²) in [5.41, 5.74) is 3.68. The quantitative estimate of drug-likeness (QED) is 0.126. The SMILES string of the molecule is CCCCSc1nc2n(n1)C(c1cccc(OCc3ccc(Cl)cc3)c1)C(C(=O)Nc1ccccc1OCC)=C(C)N2. The second-order valence-electron chi connectivity index (χ2n) is 9.80. The van der Waals surface area contributed by atoms with E-state index in [1.807, 2.05) is 86.6 Å². The highest BCUT2D eigenvalue weighted by Gasteiger charge is 2.35. The average Bonchev–Trinajstić information content (AvgIpc) is 3.39. The number of unbranched alkanes of at least 4 members (excludes halogenated alkanes) is 1. The topological polar surface area (TPSA) is 90.3 Å². The van der Waals surface area contributed by atoms with Gasteiger partial charge >= 0.3 is 0 Å². The molecule has 1 unspecified atom stereocenters. The smallest absolute Gasteiger partial charge is 0.255 e. The molecule has 8 nitrogen and oxygen atoms in total. The Morgan fingerprint density at radius 3 is 2.67 bits per heavy atom. The second-order valence-corrected chi connectivity index (χ2v) is 11.3. The number of para-hydroxylation sites is 2. The minimum atomic E-state index is -0.535. The van der Waals surface area contributed by atoms with Crippen molar-refractivity contribution < 1.29 is 14.3 Å². The Balaban J connectivity index is 1.49. The number of nitrogens with zero attached hydrogens (tertiary/aromatic N) is 3. The molecule has 0 spiro atoms. The van der Waals surface area contributed by atoms with Crippen LogP contribution in [0.3, 0.4) is 0 Å². The van der Waals surface area contributed by atoms with Gasteiger partial charge in [0.2, 0.25) is 11.1 Å². The van der Waals surface area contributed by atoms with E-state index in [0.717, 1.165) is 29.7 Å². The molecule has 1 aromatic heterocycles. The van der Waals surface area contributed by atoms with Crippen LogP contribution >= 0.6 is 23.4 Å². The molecule has 1 aliphatic heterocycles. The number of ether oxygens (including phenoxy) is 2. The van der Waals surface area contributed by atoms with Crippen LogP contribution in [0.15, 0.2) is 89.2 Å². The Kier molecular flexibility index (Phi) is 9.71. The first-order valence-corrected chi connectivity index (χ1v) is 15.4. The first-order valence-electron chi connectivity index (χ1n) is 14.0. The summed E-state index contributed by atoms with van der Waals surface area (Å²) in [6.07, 6.45) is 2.17. The molecule has 3 aromatic carbocycles. The number of fused-ring (bicyclic) bond motifs is 1. The summed E-state index contributed by atoms with van der Waals surface area (Å²) in [6.45, 7) is 6.84. The monoisotopic (exact) mass is 603 g/mol. The van der Waals surface area contributed by atoms with Gasteiger partial charge in [-0.2, -0.15) is 4.98 Å². The van der Waals surface area contributed by atoms with Gasteiger partial charge in [0.15, 0.2) is 0 Å². The van der Waals surface area contributed by atoms with Crippen molar-refractivity contribution in [3.8, 4) is 11.5 Å². The molecule has 1 atom stereocenters. The minimum absolute atomic E-state index is 0.258. The van der Waals surface area contributed by atoms with Crippen molar-refractivity contribution in [2.24, 2.45) is 0 Å². The number of nitrogens with one attached hydrogen (secondary N) is 2. The average molecular weight is 604 g/mol. The van der Waals surface area contributed by atoms with Crippen LogP contribution in [0.1, 0.15) is 50.8 Å². The van der Waals surface area contributed by atoms with E-state index in [2.05, 4.69) is 17.6 Å². The van der Waals surface area contributed by atoms with Gasteiger partial charge in [0.05, 0.1) is 17.9 Å². The van der Waals surface area contributed by atoms with Crippen molar-refractivity contribution in [2.75, 3.05) is 23.0 Å².